The third-order valence-electron chi connectivity index (χ3n) is 3.37. The lowest BCUT2D eigenvalue weighted by Crippen LogP contribution is -2.31. The van der Waals surface area contributed by atoms with Crippen molar-refractivity contribution in [2.75, 3.05) is 6.54 Å². The second-order valence-corrected chi connectivity index (χ2v) is 4.78. The van der Waals surface area contributed by atoms with Gasteiger partial charge in [0.2, 0.25) is 0 Å². The molecule has 0 fully saturated rings. The van der Waals surface area contributed by atoms with Crippen molar-refractivity contribution in [2.45, 2.75) is 32.9 Å². The third-order valence-corrected chi connectivity index (χ3v) is 3.37. The van der Waals surface area contributed by atoms with Crippen LogP contribution in [0.2, 0.25) is 0 Å². The van der Waals surface area contributed by atoms with Gasteiger partial charge >= 0.3 is 0 Å². The summed E-state index contributed by atoms with van der Waals surface area (Å²) in [6.45, 7) is 5.46. The number of aromatic nitrogens is 2. The summed E-state index contributed by atoms with van der Waals surface area (Å²) in [5.74, 6) is 0.332. The average Bonchev–Trinajstić information content (AvgIpc) is 2.80. The van der Waals surface area contributed by atoms with Crippen LogP contribution >= 0.6 is 0 Å². The van der Waals surface area contributed by atoms with E-state index in [-0.39, 0.29) is 6.10 Å². The number of nitrogens with zero attached hydrogens (tertiary/aromatic N) is 2. The highest BCUT2D eigenvalue weighted by molar-refractivity contribution is 5.39. The normalized spacial score (nSPS) is 14.8. The van der Waals surface area contributed by atoms with E-state index >= 15 is 0 Å². The zero-order chi connectivity index (χ0) is 13.0. The molecule has 4 nitrogen and oxygen atoms in total. The maximum absolute atomic E-state index is 9.85. The molecule has 0 saturated carbocycles. The Morgan fingerprint density at radius 2 is 2.28 bits per heavy atom. The predicted octanol–water partition coefficient (Wildman–Crippen LogP) is 1.83. The van der Waals surface area contributed by atoms with Crippen LogP contribution in [-0.4, -0.2) is 27.1 Å². The monoisotopic (exact) mass is 247 g/mol. The van der Waals surface area contributed by atoms with E-state index in [0.717, 1.165) is 17.8 Å². The number of hydrogen-bond acceptors (Lipinski definition) is 3. The lowest BCUT2D eigenvalue weighted by Gasteiger charge is -2.17. The van der Waals surface area contributed by atoms with Crippen LogP contribution < -0.4 is 5.32 Å². The van der Waals surface area contributed by atoms with Gasteiger partial charge in [0, 0.05) is 25.5 Å². The van der Waals surface area contributed by atoms with Crippen LogP contribution in [0.1, 0.15) is 26.0 Å². The third kappa shape index (κ3) is 3.09. The molecule has 0 aromatic carbocycles. The number of fused-ring (bicyclic) bond motifs is 1. The Hall–Kier alpha value is -1.39. The molecule has 2 atom stereocenters. The first-order chi connectivity index (χ1) is 8.70. The summed E-state index contributed by atoms with van der Waals surface area (Å²) in [6.07, 6.45) is 4.71. The van der Waals surface area contributed by atoms with Crippen molar-refractivity contribution in [2.24, 2.45) is 5.92 Å². The molecule has 2 aromatic rings. The standard InChI is InChI=1S/C14H21N3O/c1-3-11(2)13(18)9-15-8-12-10-17-7-5-4-6-14(17)16-12/h4-7,10-11,13,15,18H,3,8-9H2,1-2H3. The van der Waals surface area contributed by atoms with E-state index in [4.69, 9.17) is 0 Å². The molecule has 2 rings (SSSR count). The van der Waals surface area contributed by atoms with Crippen LogP contribution in [0.3, 0.4) is 0 Å². The first-order valence-corrected chi connectivity index (χ1v) is 6.52. The minimum atomic E-state index is -0.285. The molecule has 2 unspecified atom stereocenters. The smallest absolute Gasteiger partial charge is 0.137 e. The molecule has 0 radical (unpaired) electrons. The molecule has 2 aromatic heterocycles. The van der Waals surface area contributed by atoms with Crippen molar-refractivity contribution >= 4 is 5.65 Å². The largest absolute Gasteiger partial charge is 0.392 e. The van der Waals surface area contributed by atoms with E-state index in [1.54, 1.807) is 0 Å². The fraction of sp³-hybridized carbons (Fsp3) is 0.500. The van der Waals surface area contributed by atoms with Gasteiger partial charge in [-0.2, -0.15) is 0 Å². The Bertz CT molecular complexity index is 461. The predicted molar refractivity (Wildman–Crippen MR) is 72.4 cm³/mol. The lowest BCUT2D eigenvalue weighted by molar-refractivity contribution is 0.112. The molecular weight excluding hydrogens is 226 g/mol. The second-order valence-electron chi connectivity index (χ2n) is 4.78. The quantitative estimate of drug-likeness (QED) is 0.819. The highest BCUT2D eigenvalue weighted by Gasteiger charge is 2.11. The molecule has 0 bridgehead atoms. The van der Waals surface area contributed by atoms with Gasteiger partial charge < -0.3 is 14.8 Å². The van der Waals surface area contributed by atoms with Crippen molar-refractivity contribution in [3.8, 4) is 0 Å². The molecule has 2 N–H and O–H groups in total. The van der Waals surface area contributed by atoms with Gasteiger partial charge in [-0.05, 0) is 18.1 Å². The van der Waals surface area contributed by atoms with Gasteiger partial charge in [0.15, 0.2) is 0 Å². The fourth-order valence-electron chi connectivity index (χ4n) is 1.89. The number of hydrogen-bond donors (Lipinski definition) is 2. The first kappa shape index (κ1) is 13.1. The molecule has 0 aliphatic rings. The van der Waals surface area contributed by atoms with Gasteiger partial charge in [-0.1, -0.05) is 26.3 Å². The summed E-state index contributed by atoms with van der Waals surface area (Å²) in [4.78, 5) is 4.49. The van der Waals surface area contributed by atoms with Gasteiger partial charge in [0.25, 0.3) is 0 Å². The molecule has 2 heterocycles. The number of nitrogens with one attached hydrogen (secondary N) is 1. The average molecular weight is 247 g/mol. The van der Waals surface area contributed by atoms with Crippen LogP contribution in [0.15, 0.2) is 30.6 Å². The van der Waals surface area contributed by atoms with Gasteiger partial charge in [0.1, 0.15) is 5.65 Å². The van der Waals surface area contributed by atoms with E-state index in [2.05, 4.69) is 24.1 Å². The van der Waals surface area contributed by atoms with Gasteiger partial charge in [-0.3, -0.25) is 0 Å². The number of pyridine rings is 1. The Morgan fingerprint density at radius 1 is 1.44 bits per heavy atom. The van der Waals surface area contributed by atoms with E-state index in [9.17, 15) is 5.11 Å². The Kier molecular flexibility index (Phi) is 4.33. The molecule has 0 amide bonds. The van der Waals surface area contributed by atoms with Crippen molar-refractivity contribution in [1.29, 1.82) is 0 Å². The molecule has 0 aliphatic heterocycles. The first-order valence-electron chi connectivity index (χ1n) is 6.52. The molecule has 0 spiro atoms. The topological polar surface area (TPSA) is 49.6 Å². The Morgan fingerprint density at radius 3 is 3.00 bits per heavy atom. The number of imidazole rings is 1. The van der Waals surface area contributed by atoms with Crippen LogP contribution in [-0.2, 0) is 6.54 Å². The number of aliphatic hydroxyl groups excluding tert-OH is 1. The SMILES string of the molecule is CCC(C)C(O)CNCc1cn2ccccc2n1. The lowest BCUT2D eigenvalue weighted by atomic mass is 10.0. The van der Waals surface area contributed by atoms with Crippen molar-refractivity contribution in [3.05, 3.63) is 36.3 Å². The van der Waals surface area contributed by atoms with Crippen LogP contribution in [0.25, 0.3) is 5.65 Å². The van der Waals surface area contributed by atoms with Crippen molar-refractivity contribution in [3.63, 3.8) is 0 Å². The maximum atomic E-state index is 9.85. The minimum absolute atomic E-state index is 0.285. The van der Waals surface area contributed by atoms with Crippen molar-refractivity contribution < 1.29 is 5.11 Å². The van der Waals surface area contributed by atoms with Crippen molar-refractivity contribution in [1.82, 2.24) is 14.7 Å². The summed E-state index contributed by atoms with van der Waals surface area (Å²) in [7, 11) is 0. The van der Waals surface area contributed by atoms with Crippen LogP contribution in [0, 0.1) is 5.92 Å². The molecule has 4 heteroatoms. The number of aliphatic hydroxyl groups is 1. The second kappa shape index (κ2) is 5.98. The zero-order valence-electron chi connectivity index (χ0n) is 11.0. The highest BCUT2D eigenvalue weighted by atomic mass is 16.3. The molecule has 0 saturated heterocycles. The van der Waals surface area contributed by atoms with Crippen LogP contribution in [0.5, 0.6) is 0 Å². The maximum Gasteiger partial charge on any atom is 0.137 e. The summed E-state index contributed by atoms with van der Waals surface area (Å²) < 4.78 is 2.00. The summed E-state index contributed by atoms with van der Waals surface area (Å²) in [6, 6.07) is 5.95. The van der Waals surface area contributed by atoms with Crippen LogP contribution in [0.4, 0.5) is 0 Å². The molecular formula is C14H21N3O. The van der Waals surface area contributed by atoms with Gasteiger partial charge in [-0.25, -0.2) is 4.98 Å². The Labute approximate surface area is 108 Å². The highest BCUT2D eigenvalue weighted by Crippen LogP contribution is 2.07. The van der Waals surface area contributed by atoms with E-state index in [1.165, 1.54) is 0 Å². The molecule has 98 valence electrons. The zero-order valence-corrected chi connectivity index (χ0v) is 11.0. The molecule has 18 heavy (non-hydrogen) atoms. The van der Waals surface area contributed by atoms with E-state index in [0.29, 0.717) is 19.0 Å². The van der Waals surface area contributed by atoms with E-state index < -0.39 is 0 Å². The van der Waals surface area contributed by atoms with Gasteiger partial charge in [-0.15, -0.1) is 0 Å². The summed E-state index contributed by atoms with van der Waals surface area (Å²) in [5, 5.41) is 13.1. The van der Waals surface area contributed by atoms with E-state index in [1.807, 2.05) is 35.0 Å². The summed E-state index contributed by atoms with van der Waals surface area (Å²) >= 11 is 0. The Balaban J connectivity index is 1.87. The fourth-order valence-corrected chi connectivity index (χ4v) is 1.89. The minimum Gasteiger partial charge on any atom is -0.392 e. The van der Waals surface area contributed by atoms with Gasteiger partial charge in [0.05, 0.1) is 11.8 Å². The number of rotatable bonds is 6. The molecule has 0 aliphatic carbocycles. The summed E-state index contributed by atoms with van der Waals surface area (Å²) in [5.41, 5.74) is 1.95.